The van der Waals surface area contributed by atoms with Gasteiger partial charge in [-0.2, -0.15) is 13.2 Å². The second-order valence-electron chi connectivity index (χ2n) is 8.30. The smallest absolute Gasteiger partial charge is 0.416 e. The molecule has 1 aliphatic rings. The Balaban J connectivity index is 2.01. The Morgan fingerprint density at radius 3 is 2.23 bits per heavy atom. The van der Waals surface area contributed by atoms with Gasteiger partial charge in [-0.25, -0.2) is 0 Å². The van der Waals surface area contributed by atoms with E-state index in [0.717, 1.165) is 35.6 Å². The molecule has 1 fully saturated rings. The van der Waals surface area contributed by atoms with Gasteiger partial charge in [0, 0.05) is 5.56 Å². The molecule has 0 saturated heterocycles. The van der Waals surface area contributed by atoms with E-state index >= 15 is 0 Å². The number of halogens is 3. The molecule has 162 valence electrons. The van der Waals surface area contributed by atoms with Gasteiger partial charge in [-0.05, 0) is 78.5 Å². The number of ether oxygens (including phenoxy) is 1. The van der Waals surface area contributed by atoms with Crippen molar-refractivity contribution in [2.75, 3.05) is 7.11 Å². The van der Waals surface area contributed by atoms with Crippen molar-refractivity contribution in [1.82, 2.24) is 0 Å². The molecule has 0 aromatic heterocycles. The summed E-state index contributed by atoms with van der Waals surface area (Å²) >= 11 is 0. The summed E-state index contributed by atoms with van der Waals surface area (Å²) in [5, 5.41) is 9.22. The third-order valence-corrected chi connectivity index (χ3v) is 6.06. The molecule has 1 aliphatic carbocycles. The van der Waals surface area contributed by atoms with Crippen LogP contribution in [0.5, 0.6) is 5.75 Å². The first-order valence-corrected chi connectivity index (χ1v) is 10.2. The maximum absolute atomic E-state index is 13.2. The van der Waals surface area contributed by atoms with Crippen molar-refractivity contribution in [3.8, 4) is 16.9 Å². The summed E-state index contributed by atoms with van der Waals surface area (Å²) in [6.45, 7) is 3.75. The third kappa shape index (κ3) is 4.63. The first-order chi connectivity index (χ1) is 14.1. The fraction of sp³-hybridized carbons (Fsp3) is 0.458. The molecule has 0 aliphatic heterocycles. The van der Waals surface area contributed by atoms with Crippen LogP contribution in [0.3, 0.4) is 0 Å². The first kappa shape index (κ1) is 22.2. The van der Waals surface area contributed by atoms with Crippen molar-refractivity contribution >= 4 is 5.97 Å². The summed E-state index contributed by atoms with van der Waals surface area (Å²) < 4.78 is 45.2. The van der Waals surface area contributed by atoms with Gasteiger partial charge in [0.25, 0.3) is 0 Å². The Morgan fingerprint density at radius 2 is 1.70 bits per heavy atom. The zero-order valence-electron chi connectivity index (χ0n) is 17.4. The molecule has 1 N–H and O–H groups in total. The van der Waals surface area contributed by atoms with Crippen molar-refractivity contribution in [1.29, 1.82) is 0 Å². The number of carbonyl (C=O) groups is 1. The van der Waals surface area contributed by atoms with Crippen LogP contribution in [0.1, 0.15) is 68.1 Å². The van der Waals surface area contributed by atoms with Crippen LogP contribution in [-0.2, 0) is 11.0 Å². The highest BCUT2D eigenvalue weighted by Crippen LogP contribution is 2.42. The molecule has 0 bridgehead atoms. The zero-order chi connectivity index (χ0) is 22.1. The fourth-order valence-electron chi connectivity index (χ4n) is 4.33. The molecule has 30 heavy (non-hydrogen) atoms. The predicted octanol–water partition coefficient (Wildman–Crippen LogP) is 6.86. The lowest BCUT2D eigenvalue weighted by Gasteiger charge is -2.27. The van der Waals surface area contributed by atoms with Gasteiger partial charge < -0.3 is 9.84 Å². The molecule has 0 amide bonds. The summed E-state index contributed by atoms with van der Waals surface area (Å²) in [5.74, 6) is -0.278. The minimum absolute atomic E-state index is 0.0957. The van der Waals surface area contributed by atoms with Gasteiger partial charge in [0.1, 0.15) is 5.75 Å². The van der Waals surface area contributed by atoms with Crippen molar-refractivity contribution in [3.05, 3.63) is 53.1 Å². The van der Waals surface area contributed by atoms with Gasteiger partial charge in [0.15, 0.2) is 0 Å². The van der Waals surface area contributed by atoms with Gasteiger partial charge in [0.05, 0.1) is 18.6 Å². The molecular formula is C24H27F3O3. The maximum atomic E-state index is 13.2. The highest BCUT2D eigenvalue weighted by molar-refractivity contribution is 5.75. The summed E-state index contributed by atoms with van der Waals surface area (Å²) in [4.78, 5) is 11.2. The second kappa shape index (κ2) is 8.70. The molecule has 0 spiro atoms. The molecule has 3 nitrogen and oxygen atoms in total. The largest absolute Gasteiger partial charge is 0.496 e. The van der Waals surface area contributed by atoms with E-state index in [2.05, 4.69) is 0 Å². The molecule has 0 heterocycles. The molecule has 1 saturated carbocycles. The van der Waals surface area contributed by atoms with Crippen molar-refractivity contribution in [2.24, 2.45) is 5.92 Å². The average molecular weight is 420 g/mol. The van der Waals surface area contributed by atoms with Crippen LogP contribution in [0.4, 0.5) is 13.2 Å². The fourth-order valence-corrected chi connectivity index (χ4v) is 4.33. The number of alkyl halides is 3. The highest BCUT2D eigenvalue weighted by atomic mass is 19.4. The SMILES string of the molecule is COc1ccc(C2CCC(C(=O)O)CC2)cc1-c1ccc(C(F)(F)F)cc1C(C)C. The Kier molecular flexibility index (Phi) is 6.44. The van der Waals surface area contributed by atoms with Gasteiger partial charge in [0.2, 0.25) is 0 Å². The van der Waals surface area contributed by atoms with E-state index in [1.54, 1.807) is 7.11 Å². The molecule has 0 atom stereocenters. The lowest BCUT2D eigenvalue weighted by molar-refractivity contribution is -0.143. The van der Waals surface area contributed by atoms with Crippen molar-refractivity contribution in [2.45, 2.75) is 57.5 Å². The van der Waals surface area contributed by atoms with E-state index in [9.17, 15) is 23.1 Å². The average Bonchev–Trinajstić information content (AvgIpc) is 2.72. The van der Waals surface area contributed by atoms with Crippen LogP contribution in [0.2, 0.25) is 0 Å². The quantitative estimate of drug-likeness (QED) is 0.575. The second-order valence-corrected chi connectivity index (χ2v) is 8.30. The number of hydrogen-bond donors (Lipinski definition) is 1. The number of benzene rings is 2. The Bertz CT molecular complexity index is 910. The van der Waals surface area contributed by atoms with E-state index in [0.29, 0.717) is 24.2 Å². The molecule has 0 unspecified atom stereocenters. The normalized spacial score (nSPS) is 19.7. The van der Waals surface area contributed by atoms with Gasteiger partial charge >= 0.3 is 12.1 Å². The van der Waals surface area contributed by atoms with E-state index in [1.807, 2.05) is 32.0 Å². The van der Waals surface area contributed by atoms with Crippen molar-refractivity contribution in [3.63, 3.8) is 0 Å². The van der Waals surface area contributed by atoms with Gasteiger partial charge in [-0.15, -0.1) is 0 Å². The highest BCUT2D eigenvalue weighted by Gasteiger charge is 2.32. The molecule has 0 radical (unpaired) electrons. The standard InChI is InChI=1S/C24H27F3O3/c1-14(2)20-13-18(24(25,26)27)9-10-19(20)21-12-17(8-11-22(21)30-3)15-4-6-16(7-5-15)23(28)29/h8-16H,4-7H2,1-3H3,(H,28,29). The topological polar surface area (TPSA) is 46.5 Å². The number of rotatable bonds is 5. The summed E-state index contributed by atoms with van der Waals surface area (Å²) in [7, 11) is 1.55. The monoisotopic (exact) mass is 420 g/mol. The van der Waals surface area contributed by atoms with Crippen LogP contribution in [0.25, 0.3) is 11.1 Å². The summed E-state index contributed by atoms with van der Waals surface area (Å²) in [6.07, 6.45) is -1.55. The first-order valence-electron chi connectivity index (χ1n) is 10.2. The van der Waals surface area contributed by atoms with Crippen LogP contribution in [0, 0.1) is 5.92 Å². The number of aliphatic carboxylic acids is 1. The van der Waals surface area contributed by atoms with E-state index < -0.39 is 17.7 Å². The van der Waals surface area contributed by atoms with E-state index in [1.165, 1.54) is 12.1 Å². The van der Waals surface area contributed by atoms with Crippen LogP contribution < -0.4 is 4.74 Å². The maximum Gasteiger partial charge on any atom is 0.416 e. The molecule has 2 aromatic rings. The van der Waals surface area contributed by atoms with Gasteiger partial charge in [-0.1, -0.05) is 26.0 Å². The van der Waals surface area contributed by atoms with E-state index in [4.69, 9.17) is 4.74 Å². The minimum Gasteiger partial charge on any atom is -0.496 e. The Labute approximate surface area is 174 Å². The number of carboxylic acid groups (broad SMARTS) is 1. The van der Waals surface area contributed by atoms with Crippen molar-refractivity contribution < 1.29 is 27.8 Å². The van der Waals surface area contributed by atoms with E-state index in [-0.39, 0.29) is 17.8 Å². The Morgan fingerprint density at radius 1 is 1.03 bits per heavy atom. The number of carboxylic acids is 1. The lowest BCUT2D eigenvalue weighted by Crippen LogP contribution is -2.20. The summed E-state index contributed by atoms with van der Waals surface area (Å²) in [6, 6.07) is 9.71. The lowest BCUT2D eigenvalue weighted by atomic mass is 9.78. The number of methoxy groups -OCH3 is 1. The van der Waals surface area contributed by atoms with Crippen LogP contribution in [0.15, 0.2) is 36.4 Å². The third-order valence-electron chi connectivity index (χ3n) is 6.06. The summed E-state index contributed by atoms with van der Waals surface area (Å²) in [5.41, 5.74) is 2.54. The molecule has 2 aromatic carbocycles. The molecular weight excluding hydrogens is 393 g/mol. The van der Waals surface area contributed by atoms with Crippen LogP contribution >= 0.6 is 0 Å². The van der Waals surface area contributed by atoms with Gasteiger partial charge in [-0.3, -0.25) is 4.79 Å². The minimum atomic E-state index is -4.39. The molecule has 3 rings (SSSR count). The molecule has 6 heteroatoms. The Hall–Kier alpha value is -2.50. The van der Waals surface area contributed by atoms with Crippen LogP contribution in [-0.4, -0.2) is 18.2 Å². The zero-order valence-corrected chi connectivity index (χ0v) is 17.4. The predicted molar refractivity (Wildman–Crippen MR) is 110 cm³/mol. The number of hydrogen-bond acceptors (Lipinski definition) is 2.